The number of nitrogens with zero attached hydrogens (tertiary/aromatic N) is 5. The maximum atomic E-state index is 12.1. The van der Waals surface area contributed by atoms with E-state index in [0.717, 1.165) is 11.1 Å². The molecule has 0 atom stereocenters. The first-order valence-corrected chi connectivity index (χ1v) is 8.11. The standard InChI is InChI=1S/C16H13ClN8O/c1-8-4-12-16(18-7-8)21-15(20-12)10-5-9(2-3-11(10)17)19-14(26)6-13-22-24-25-23-13/h2-5,7H,6H2,1H3,(H,19,26)(H,18,20,21)(H,22,23,24,25). The number of hydrogen-bond donors (Lipinski definition) is 3. The number of carbonyl (C=O) groups excluding carboxylic acids is 1. The van der Waals surface area contributed by atoms with E-state index in [0.29, 0.717) is 33.6 Å². The van der Waals surface area contributed by atoms with Crippen LogP contribution in [0.5, 0.6) is 0 Å². The largest absolute Gasteiger partial charge is 0.337 e. The Balaban J connectivity index is 1.62. The summed E-state index contributed by atoms with van der Waals surface area (Å²) >= 11 is 6.32. The minimum absolute atomic E-state index is 0.0405. The molecule has 9 nitrogen and oxygen atoms in total. The maximum Gasteiger partial charge on any atom is 0.232 e. The van der Waals surface area contributed by atoms with Crippen molar-refractivity contribution in [3.63, 3.8) is 0 Å². The number of aromatic nitrogens is 7. The second kappa shape index (κ2) is 6.52. The van der Waals surface area contributed by atoms with E-state index in [9.17, 15) is 4.79 Å². The summed E-state index contributed by atoms with van der Waals surface area (Å²) in [5.41, 5.74) is 3.71. The van der Waals surface area contributed by atoms with Gasteiger partial charge in [-0.1, -0.05) is 11.6 Å². The zero-order valence-electron chi connectivity index (χ0n) is 13.6. The smallest absolute Gasteiger partial charge is 0.232 e. The molecule has 3 N–H and O–H groups in total. The van der Waals surface area contributed by atoms with E-state index in [1.54, 1.807) is 24.4 Å². The first-order chi connectivity index (χ1) is 12.6. The lowest BCUT2D eigenvalue weighted by molar-refractivity contribution is -0.115. The van der Waals surface area contributed by atoms with Crippen LogP contribution in [0, 0.1) is 6.92 Å². The van der Waals surface area contributed by atoms with Gasteiger partial charge in [0, 0.05) is 17.4 Å². The van der Waals surface area contributed by atoms with E-state index in [-0.39, 0.29) is 12.3 Å². The Bertz CT molecular complexity index is 1090. The van der Waals surface area contributed by atoms with Gasteiger partial charge in [0.25, 0.3) is 0 Å². The van der Waals surface area contributed by atoms with Crippen LogP contribution >= 0.6 is 11.6 Å². The topological polar surface area (TPSA) is 125 Å². The second-order valence-electron chi connectivity index (χ2n) is 5.74. The van der Waals surface area contributed by atoms with E-state index >= 15 is 0 Å². The molecule has 0 aliphatic carbocycles. The third-order valence-corrected chi connectivity index (χ3v) is 4.03. The maximum absolute atomic E-state index is 12.1. The van der Waals surface area contributed by atoms with Crippen molar-refractivity contribution >= 4 is 34.4 Å². The van der Waals surface area contributed by atoms with Gasteiger partial charge in [0.2, 0.25) is 5.91 Å². The number of tetrazole rings is 1. The number of aromatic amines is 2. The quantitative estimate of drug-likeness (QED) is 0.507. The fourth-order valence-electron chi connectivity index (χ4n) is 2.53. The number of amides is 1. The van der Waals surface area contributed by atoms with E-state index in [1.807, 2.05) is 13.0 Å². The highest BCUT2D eigenvalue weighted by Crippen LogP contribution is 2.30. The number of aryl methyl sites for hydroxylation is 1. The number of fused-ring (bicyclic) bond motifs is 1. The number of halogens is 1. The molecule has 10 heteroatoms. The summed E-state index contributed by atoms with van der Waals surface area (Å²) in [6.07, 6.45) is 1.79. The SMILES string of the molecule is Cc1cnc2nc(-c3cc(NC(=O)Cc4nnn[nH]4)ccc3Cl)[nH]c2c1. The Hall–Kier alpha value is -3.33. The van der Waals surface area contributed by atoms with Crippen LogP contribution in [-0.2, 0) is 11.2 Å². The molecule has 0 unspecified atom stereocenters. The molecule has 0 saturated heterocycles. The highest BCUT2D eigenvalue weighted by Gasteiger charge is 2.13. The number of carbonyl (C=O) groups is 1. The molecule has 0 bridgehead atoms. The van der Waals surface area contributed by atoms with Crippen LogP contribution in [0.25, 0.3) is 22.6 Å². The number of imidazole rings is 1. The number of H-pyrrole nitrogens is 2. The van der Waals surface area contributed by atoms with Crippen LogP contribution in [0.15, 0.2) is 30.5 Å². The van der Waals surface area contributed by atoms with Gasteiger partial charge in [-0.05, 0) is 47.2 Å². The fourth-order valence-corrected chi connectivity index (χ4v) is 2.73. The molecule has 0 fully saturated rings. The van der Waals surface area contributed by atoms with Gasteiger partial charge in [-0.2, -0.15) is 0 Å². The molecule has 26 heavy (non-hydrogen) atoms. The average Bonchev–Trinajstić information content (AvgIpc) is 3.25. The Morgan fingerprint density at radius 3 is 3.00 bits per heavy atom. The molecule has 3 aromatic heterocycles. The molecule has 3 heterocycles. The predicted molar refractivity (Wildman–Crippen MR) is 95.6 cm³/mol. The van der Waals surface area contributed by atoms with Gasteiger partial charge in [0.15, 0.2) is 11.5 Å². The zero-order valence-corrected chi connectivity index (χ0v) is 14.4. The summed E-state index contributed by atoms with van der Waals surface area (Å²) in [7, 11) is 0. The molecule has 4 rings (SSSR count). The molecular formula is C16H13ClN8O. The summed E-state index contributed by atoms with van der Waals surface area (Å²) in [4.78, 5) is 24.1. The summed E-state index contributed by atoms with van der Waals surface area (Å²) in [5.74, 6) is 0.716. The van der Waals surface area contributed by atoms with Gasteiger partial charge in [0.1, 0.15) is 5.82 Å². The Kier molecular flexibility index (Phi) is 4.05. The van der Waals surface area contributed by atoms with Crippen LogP contribution in [0.3, 0.4) is 0 Å². The fraction of sp³-hybridized carbons (Fsp3) is 0.125. The van der Waals surface area contributed by atoms with E-state index in [4.69, 9.17) is 11.6 Å². The highest BCUT2D eigenvalue weighted by molar-refractivity contribution is 6.33. The van der Waals surface area contributed by atoms with Crippen molar-refractivity contribution in [2.45, 2.75) is 13.3 Å². The van der Waals surface area contributed by atoms with Gasteiger partial charge in [-0.15, -0.1) is 5.10 Å². The molecule has 0 spiro atoms. The van der Waals surface area contributed by atoms with Gasteiger partial charge in [-0.25, -0.2) is 15.1 Å². The minimum Gasteiger partial charge on any atom is -0.337 e. The third-order valence-electron chi connectivity index (χ3n) is 3.70. The van der Waals surface area contributed by atoms with Gasteiger partial charge < -0.3 is 10.3 Å². The number of rotatable bonds is 4. The van der Waals surface area contributed by atoms with E-state index in [1.165, 1.54) is 0 Å². The van der Waals surface area contributed by atoms with Crippen molar-refractivity contribution < 1.29 is 4.79 Å². The lowest BCUT2D eigenvalue weighted by atomic mass is 10.2. The number of benzene rings is 1. The first kappa shape index (κ1) is 16.2. The molecular weight excluding hydrogens is 356 g/mol. The molecule has 0 radical (unpaired) electrons. The number of pyridine rings is 1. The number of anilines is 1. The summed E-state index contributed by atoms with van der Waals surface area (Å²) in [6, 6.07) is 7.13. The number of nitrogens with one attached hydrogen (secondary N) is 3. The van der Waals surface area contributed by atoms with Crippen LogP contribution < -0.4 is 5.32 Å². The van der Waals surface area contributed by atoms with Gasteiger partial charge in [0.05, 0.1) is 17.0 Å². The minimum atomic E-state index is -0.251. The number of hydrogen-bond acceptors (Lipinski definition) is 6. The van der Waals surface area contributed by atoms with Crippen molar-refractivity contribution in [1.29, 1.82) is 0 Å². The molecule has 1 aromatic carbocycles. The van der Waals surface area contributed by atoms with Crippen molar-refractivity contribution in [3.8, 4) is 11.4 Å². The van der Waals surface area contributed by atoms with Gasteiger partial charge >= 0.3 is 0 Å². The second-order valence-corrected chi connectivity index (χ2v) is 6.14. The molecule has 1 amide bonds. The summed E-state index contributed by atoms with van der Waals surface area (Å²) in [5, 5.41) is 16.4. The van der Waals surface area contributed by atoms with E-state index < -0.39 is 0 Å². The molecule has 0 aliphatic rings. The summed E-state index contributed by atoms with van der Waals surface area (Å²) < 4.78 is 0. The van der Waals surface area contributed by atoms with Crippen LogP contribution in [0.2, 0.25) is 5.02 Å². The zero-order chi connectivity index (χ0) is 18.1. The van der Waals surface area contributed by atoms with Crippen LogP contribution in [0.4, 0.5) is 5.69 Å². The molecule has 0 saturated carbocycles. The first-order valence-electron chi connectivity index (χ1n) is 7.73. The lowest BCUT2D eigenvalue weighted by Crippen LogP contribution is -2.15. The predicted octanol–water partition coefficient (Wildman–Crippen LogP) is 2.28. The molecule has 4 aromatic rings. The Labute approximate surface area is 152 Å². The lowest BCUT2D eigenvalue weighted by Gasteiger charge is -2.07. The van der Waals surface area contributed by atoms with E-state index in [2.05, 4.69) is 40.9 Å². The molecule has 0 aliphatic heterocycles. The van der Waals surface area contributed by atoms with Crippen LogP contribution in [-0.4, -0.2) is 41.5 Å². The monoisotopic (exact) mass is 368 g/mol. The van der Waals surface area contributed by atoms with Crippen molar-refractivity contribution in [3.05, 3.63) is 46.9 Å². The Morgan fingerprint density at radius 2 is 2.19 bits per heavy atom. The molecule has 130 valence electrons. The van der Waals surface area contributed by atoms with Crippen molar-refractivity contribution in [1.82, 2.24) is 35.6 Å². The average molecular weight is 369 g/mol. The normalized spacial score (nSPS) is 11.0. The van der Waals surface area contributed by atoms with Gasteiger partial charge in [-0.3, -0.25) is 4.79 Å². The summed E-state index contributed by atoms with van der Waals surface area (Å²) in [6.45, 7) is 1.96. The third kappa shape index (κ3) is 3.24. The van der Waals surface area contributed by atoms with Crippen molar-refractivity contribution in [2.24, 2.45) is 0 Å². The van der Waals surface area contributed by atoms with Crippen LogP contribution in [0.1, 0.15) is 11.4 Å². The highest BCUT2D eigenvalue weighted by atomic mass is 35.5. The van der Waals surface area contributed by atoms with Crippen molar-refractivity contribution in [2.75, 3.05) is 5.32 Å². The Morgan fingerprint density at radius 1 is 1.31 bits per heavy atom.